The van der Waals surface area contributed by atoms with E-state index >= 15 is 0 Å². The van der Waals surface area contributed by atoms with Crippen LogP contribution in [0.3, 0.4) is 0 Å². The number of anilines is 2. The number of carbonyl (C=O) groups is 1. The highest BCUT2D eigenvalue weighted by Crippen LogP contribution is 2.16. The number of likely N-dealkylation sites (N-methyl/N-ethyl adjacent to an activating group) is 1. The molecule has 1 rings (SSSR count). The van der Waals surface area contributed by atoms with Crippen LogP contribution < -0.4 is 16.8 Å². The van der Waals surface area contributed by atoms with Gasteiger partial charge in [-0.1, -0.05) is 13.8 Å². The molecule has 0 bridgehead atoms. The number of hydrogen-bond donors (Lipinski definition) is 3. The molecule has 6 heteroatoms. The van der Waals surface area contributed by atoms with E-state index in [2.05, 4.69) is 29.0 Å². The van der Waals surface area contributed by atoms with Crippen molar-refractivity contribution in [3.63, 3.8) is 0 Å². The van der Waals surface area contributed by atoms with Crippen molar-refractivity contribution in [2.24, 2.45) is 5.73 Å². The molecule has 1 atom stereocenters. The number of carbonyl (C=O) groups excluding carboxylic acids is 1. The van der Waals surface area contributed by atoms with E-state index in [4.69, 9.17) is 11.5 Å². The number of primary amides is 1. The number of nitrogens with two attached hydrogens (primary N) is 2. The second-order valence-electron chi connectivity index (χ2n) is 4.56. The van der Waals surface area contributed by atoms with Crippen LogP contribution in [0.4, 0.5) is 11.5 Å². The van der Waals surface area contributed by atoms with Crippen molar-refractivity contribution in [3.8, 4) is 0 Å². The molecule has 0 spiro atoms. The Morgan fingerprint density at radius 3 is 2.63 bits per heavy atom. The van der Waals surface area contributed by atoms with Gasteiger partial charge in [-0.2, -0.15) is 0 Å². The highest BCUT2D eigenvalue weighted by Gasteiger charge is 2.13. The minimum Gasteiger partial charge on any atom is -0.397 e. The Morgan fingerprint density at radius 1 is 1.47 bits per heavy atom. The van der Waals surface area contributed by atoms with Gasteiger partial charge in [-0.25, -0.2) is 4.98 Å². The van der Waals surface area contributed by atoms with E-state index in [1.54, 1.807) is 6.07 Å². The lowest BCUT2D eigenvalue weighted by molar-refractivity contribution is 0.100. The Bertz CT molecular complexity index is 431. The van der Waals surface area contributed by atoms with Gasteiger partial charge in [0.15, 0.2) is 0 Å². The molecule has 0 aliphatic rings. The van der Waals surface area contributed by atoms with Crippen LogP contribution in [0.2, 0.25) is 0 Å². The van der Waals surface area contributed by atoms with Gasteiger partial charge in [-0.3, -0.25) is 4.79 Å². The van der Waals surface area contributed by atoms with Crippen molar-refractivity contribution < 1.29 is 4.79 Å². The van der Waals surface area contributed by atoms with Crippen molar-refractivity contribution in [1.29, 1.82) is 0 Å². The molecule has 0 saturated heterocycles. The van der Waals surface area contributed by atoms with Crippen LogP contribution in [-0.2, 0) is 0 Å². The van der Waals surface area contributed by atoms with Crippen LogP contribution >= 0.6 is 0 Å². The zero-order valence-electron chi connectivity index (χ0n) is 11.8. The first-order chi connectivity index (χ1) is 8.97. The van der Waals surface area contributed by atoms with Crippen molar-refractivity contribution in [3.05, 3.63) is 17.8 Å². The Kier molecular flexibility index (Phi) is 5.57. The van der Waals surface area contributed by atoms with Crippen LogP contribution in [0.25, 0.3) is 0 Å². The SMILES string of the molecule is CCN(CC)CC(C)Nc1ncc(N)cc1C(N)=O. The second kappa shape index (κ2) is 6.94. The summed E-state index contributed by atoms with van der Waals surface area (Å²) in [6, 6.07) is 1.70. The van der Waals surface area contributed by atoms with Crippen molar-refractivity contribution in [2.75, 3.05) is 30.7 Å². The number of aromatic nitrogens is 1. The van der Waals surface area contributed by atoms with Gasteiger partial charge < -0.3 is 21.7 Å². The summed E-state index contributed by atoms with van der Waals surface area (Å²) in [5.74, 6) is -0.0429. The van der Waals surface area contributed by atoms with Crippen LogP contribution in [0.5, 0.6) is 0 Å². The summed E-state index contributed by atoms with van der Waals surface area (Å²) in [5, 5.41) is 3.21. The lowest BCUT2D eigenvalue weighted by Crippen LogP contribution is -2.35. The Labute approximate surface area is 114 Å². The number of hydrogen-bond acceptors (Lipinski definition) is 5. The predicted octanol–water partition coefficient (Wildman–Crippen LogP) is 0.905. The van der Waals surface area contributed by atoms with Gasteiger partial charge in [0.2, 0.25) is 0 Å². The highest BCUT2D eigenvalue weighted by atomic mass is 16.1. The number of nitrogen functional groups attached to an aromatic ring is 1. The molecule has 0 aliphatic heterocycles. The maximum Gasteiger partial charge on any atom is 0.252 e. The number of pyridine rings is 1. The maximum atomic E-state index is 11.4. The average Bonchev–Trinajstić information content (AvgIpc) is 2.37. The maximum absolute atomic E-state index is 11.4. The molecular weight excluding hydrogens is 242 g/mol. The lowest BCUT2D eigenvalue weighted by Gasteiger charge is -2.24. The second-order valence-corrected chi connectivity index (χ2v) is 4.56. The number of amides is 1. The van der Waals surface area contributed by atoms with Crippen molar-refractivity contribution >= 4 is 17.4 Å². The fraction of sp³-hybridized carbons (Fsp3) is 0.538. The lowest BCUT2D eigenvalue weighted by atomic mass is 10.2. The third-order valence-corrected chi connectivity index (χ3v) is 2.98. The standard InChI is InChI=1S/C13H23N5O/c1-4-18(5-2)8-9(3)17-13-11(12(15)19)6-10(14)7-16-13/h6-7,9H,4-5,8,14H2,1-3H3,(H2,15,19)(H,16,17). The summed E-state index contributed by atoms with van der Waals surface area (Å²) in [5.41, 5.74) is 11.7. The van der Waals surface area contributed by atoms with Crippen molar-refractivity contribution in [2.45, 2.75) is 26.8 Å². The average molecular weight is 265 g/mol. The molecule has 1 aromatic rings. The minimum atomic E-state index is -0.530. The van der Waals surface area contributed by atoms with E-state index in [9.17, 15) is 4.79 Å². The van der Waals surface area contributed by atoms with Gasteiger partial charge in [-0.15, -0.1) is 0 Å². The summed E-state index contributed by atoms with van der Waals surface area (Å²) in [6.07, 6.45) is 1.51. The summed E-state index contributed by atoms with van der Waals surface area (Å²) >= 11 is 0. The molecule has 1 aromatic heterocycles. The van der Waals surface area contributed by atoms with Gasteiger partial charge in [0, 0.05) is 12.6 Å². The van der Waals surface area contributed by atoms with Crippen LogP contribution in [0.1, 0.15) is 31.1 Å². The van der Waals surface area contributed by atoms with Gasteiger partial charge >= 0.3 is 0 Å². The van der Waals surface area contributed by atoms with E-state index in [0.717, 1.165) is 19.6 Å². The zero-order valence-corrected chi connectivity index (χ0v) is 11.8. The molecule has 0 aliphatic carbocycles. The largest absolute Gasteiger partial charge is 0.397 e. The van der Waals surface area contributed by atoms with E-state index in [0.29, 0.717) is 17.1 Å². The zero-order chi connectivity index (χ0) is 14.4. The molecule has 0 fully saturated rings. The molecule has 1 unspecified atom stereocenters. The Morgan fingerprint density at radius 2 is 2.11 bits per heavy atom. The molecule has 1 amide bonds. The van der Waals surface area contributed by atoms with Crippen molar-refractivity contribution in [1.82, 2.24) is 9.88 Å². The van der Waals surface area contributed by atoms with E-state index in [-0.39, 0.29) is 6.04 Å². The molecular formula is C13H23N5O. The molecule has 19 heavy (non-hydrogen) atoms. The monoisotopic (exact) mass is 265 g/mol. The Balaban J connectivity index is 2.78. The summed E-state index contributed by atoms with van der Waals surface area (Å²) in [4.78, 5) is 17.8. The van der Waals surface area contributed by atoms with Crippen LogP contribution in [-0.4, -0.2) is 41.5 Å². The quantitative estimate of drug-likeness (QED) is 0.680. The van der Waals surface area contributed by atoms with Gasteiger partial charge in [0.1, 0.15) is 5.82 Å². The van der Waals surface area contributed by atoms with Gasteiger partial charge in [-0.05, 0) is 26.1 Å². The van der Waals surface area contributed by atoms with E-state index < -0.39 is 5.91 Å². The third-order valence-electron chi connectivity index (χ3n) is 2.98. The smallest absolute Gasteiger partial charge is 0.252 e. The molecule has 0 aromatic carbocycles. The molecule has 6 nitrogen and oxygen atoms in total. The molecule has 0 radical (unpaired) electrons. The van der Waals surface area contributed by atoms with E-state index in [1.807, 2.05) is 6.92 Å². The number of nitrogens with zero attached hydrogens (tertiary/aromatic N) is 2. The Hall–Kier alpha value is -1.82. The predicted molar refractivity (Wildman–Crippen MR) is 78.0 cm³/mol. The summed E-state index contributed by atoms with van der Waals surface area (Å²) in [7, 11) is 0. The molecule has 5 N–H and O–H groups in total. The number of rotatable bonds is 7. The third kappa shape index (κ3) is 4.40. The topological polar surface area (TPSA) is 97.3 Å². The fourth-order valence-corrected chi connectivity index (χ4v) is 1.93. The summed E-state index contributed by atoms with van der Waals surface area (Å²) < 4.78 is 0. The first kappa shape index (κ1) is 15.2. The molecule has 106 valence electrons. The summed E-state index contributed by atoms with van der Waals surface area (Å²) in [6.45, 7) is 9.12. The molecule has 1 heterocycles. The first-order valence-corrected chi connectivity index (χ1v) is 6.52. The first-order valence-electron chi connectivity index (χ1n) is 6.52. The van der Waals surface area contributed by atoms with Gasteiger partial charge in [0.05, 0.1) is 17.4 Å². The van der Waals surface area contributed by atoms with Gasteiger partial charge in [0.25, 0.3) is 5.91 Å². The normalized spacial score (nSPS) is 12.4. The number of nitrogens with one attached hydrogen (secondary N) is 1. The van der Waals surface area contributed by atoms with E-state index in [1.165, 1.54) is 6.20 Å². The minimum absolute atomic E-state index is 0.161. The highest BCUT2D eigenvalue weighted by molar-refractivity contribution is 5.98. The van der Waals surface area contributed by atoms with Crippen LogP contribution in [0.15, 0.2) is 12.3 Å². The molecule has 0 saturated carbocycles. The van der Waals surface area contributed by atoms with Crippen LogP contribution in [0, 0.1) is 0 Å². The fourth-order valence-electron chi connectivity index (χ4n) is 1.93.